The molecule has 1 aliphatic rings. The van der Waals surface area contributed by atoms with Crippen LogP contribution >= 0.6 is 12.4 Å². The third-order valence-corrected chi connectivity index (χ3v) is 4.08. The molecule has 1 aliphatic heterocycles. The number of carbonyl (C=O) groups excluding carboxylic acids is 1. The fourth-order valence-electron chi connectivity index (χ4n) is 2.89. The summed E-state index contributed by atoms with van der Waals surface area (Å²) < 4.78 is 0. The van der Waals surface area contributed by atoms with E-state index in [1.54, 1.807) is 0 Å². The SMILES string of the molecule is CCCN(C(=O)c1cccc(N(C)C)c1)C1CCNCC1.Cl. The molecule has 0 saturated carbocycles. The van der Waals surface area contributed by atoms with Crippen molar-refractivity contribution in [2.75, 3.05) is 38.6 Å². The molecule has 5 heteroatoms. The molecule has 0 atom stereocenters. The maximum Gasteiger partial charge on any atom is 0.254 e. The Morgan fingerprint density at radius 1 is 1.27 bits per heavy atom. The van der Waals surface area contributed by atoms with Crippen molar-refractivity contribution in [2.45, 2.75) is 32.2 Å². The summed E-state index contributed by atoms with van der Waals surface area (Å²) in [5.41, 5.74) is 1.87. The molecule has 124 valence electrons. The van der Waals surface area contributed by atoms with Crippen LogP contribution in [0.2, 0.25) is 0 Å². The summed E-state index contributed by atoms with van der Waals surface area (Å²) in [4.78, 5) is 17.0. The van der Waals surface area contributed by atoms with E-state index in [4.69, 9.17) is 0 Å². The van der Waals surface area contributed by atoms with Crippen molar-refractivity contribution < 1.29 is 4.79 Å². The van der Waals surface area contributed by atoms with E-state index in [1.165, 1.54) is 0 Å². The number of amides is 1. The molecule has 4 nitrogen and oxygen atoms in total. The number of hydrogen-bond acceptors (Lipinski definition) is 3. The summed E-state index contributed by atoms with van der Waals surface area (Å²) in [7, 11) is 4.00. The van der Waals surface area contributed by atoms with Crippen LogP contribution < -0.4 is 10.2 Å². The number of nitrogens with one attached hydrogen (secondary N) is 1. The van der Waals surface area contributed by atoms with Gasteiger partial charge in [-0.2, -0.15) is 0 Å². The molecule has 1 saturated heterocycles. The van der Waals surface area contributed by atoms with Crippen LogP contribution in [0.4, 0.5) is 5.69 Å². The second kappa shape index (κ2) is 9.01. The van der Waals surface area contributed by atoms with Gasteiger partial charge in [-0.3, -0.25) is 4.79 Å². The maximum atomic E-state index is 12.9. The highest BCUT2D eigenvalue weighted by atomic mass is 35.5. The Balaban J connectivity index is 0.00000242. The van der Waals surface area contributed by atoms with E-state index in [-0.39, 0.29) is 18.3 Å². The second-order valence-corrected chi connectivity index (χ2v) is 5.92. The Kier molecular flexibility index (Phi) is 7.69. The minimum absolute atomic E-state index is 0. The summed E-state index contributed by atoms with van der Waals surface area (Å²) in [6, 6.07) is 8.30. The molecular formula is C17H28ClN3O. The highest BCUT2D eigenvalue weighted by molar-refractivity contribution is 5.95. The van der Waals surface area contributed by atoms with Crippen LogP contribution in [0.5, 0.6) is 0 Å². The highest BCUT2D eigenvalue weighted by Gasteiger charge is 2.25. The lowest BCUT2D eigenvalue weighted by molar-refractivity contribution is 0.0642. The van der Waals surface area contributed by atoms with E-state index >= 15 is 0 Å². The van der Waals surface area contributed by atoms with Crippen LogP contribution in [0.3, 0.4) is 0 Å². The lowest BCUT2D eigenvalue weighted by atomic mass is 10.0. The average Bonchev–Trinajstić information content (AvgIpc) is 2.53. The third kappa shape index (κ3) is 4.62. The number of carbonyl (C=O) groups is 1. The van der Waals surface area contributed by atoms with Crippen molar-refractivity contribution >= 4 is 24.0 Å². The molecule has 0 aliphatic carbocycles. The van der Waals surface area contributed by atoms with Gasteiger partial charge in [0.05, 0.1) is 0 Å². The molecule has 1 fully saturated rings. The predicted octanol–water partition coefficient (Wildman–Crippen LogP) is 2.78. The summed E-state index contributed by atoms with van der Waals surface area (Å²) in [6.07, 6.45) is 3.11. The quantitative estimate of drug-likeness (QED) is 0.904. The van der Waals surface area contributed by atoms with E-state index in [0.717, 1.165) is 50.1 Å². The molecule has 0 bridgehead atoms. The standard InChI is InChI=1S/C17H27N3O.ClH/c1-4-12-20(15-8-10-18-11-9-15)17(21)14-6-5-7-16(13-14)19(2)3;/h5-7,13,15,18H,4,8-12H2,1-3H3;1H. The van der Waals surface area contributed by atoms with Crippen LogP contribution in [0.25, 0.3) is 0 Å². The molecule has 0 unspecified atom stereocenters. The van der Waals surface area contributed by atoms with Gasteiger partial charge < -0.3 is 15.1 Å². The van der Waals surface area contributed by atoms with E-state index in [1.807, 2.05) is 43.3 Å². The molecule has 22 heavy (non-hydrogen) atoms. The van der Waals surface area contributed by atoms with Crippen molar-refractivity contribution in [3.8, 4) is 0 Å². The molecule has 0 aromatic heterocycles. The Morgan fingerprint density at radius 3 is 2.55 bits per heavy atom. The van der Waals surface area contributed by atoms with Crippen LogP contribution in [0, 0.1) is 0 Å². The normalized spacial score (nSPS) is 15.0. The lowest BCUT2D eigenvalue weighted by Crippen LogP contribution is -2.46. The Morgan fingerprint density at radius 2 is 1.95 bits per heavy atom. The van der Waals surface area contributed by atoms with Gasteiger partial charge in [-0.05, 0) is 50.6 Å². The minimum Gasteiger partial charge on any atom is -0.378 e. The van der Waals surface area contributed by atoms with Crippen molar-refractivity contribution in [3.63, 3.8) is 0 Å². The second-order valence-electron chi connectivity index (χ2n) is 5.92. The van der Waals surface area contributed by atoms with Gasteiger partial charge in [-0.25, -0.2) is 0 Å². The van der Waals surface area contributed by atoms with Gasteiger partial charge in [0.15, 0.2) is 0 Å². The fourth-order valence-corrected chi connectivity index (χ4v) is 2.89. The topological polar surface area (TPSA) is 35.6 Å². The van der Waals surface area contributed by atoms with Gasteiger partial charge in [0, 0.05) is 37.9 Å². The molecule has 1 aromatic carbocycles. The van der Waals surface area contributed by atoms with E-state index in [2.05, 4.69) is 17.1 Å². The zero-order chi connectivity index (χ0) is 15.2. The van der Waals surface area contributed by atoms with Crippen LogP contribution in [-0.4, -0.2) is 50.6 Å². The molecule has 1 N–H and O–H groups in total. The Bertz CT molecular complexity index is 473. The Labute approximate surface area is 140 Å². The molecule has 1 amide bonds. The summed E-state index contributed by atoms with van der Waals surface area (Å²) >= 11 is 0. The van der Waals surface area contributed by atoms with Crippen molar-refractivity contribution in [1.82, 2.24) is 10.2 Å². The monoisotopic (exact) mass is 325 g/mol. The van der Waals surface area contributed by atoms with Gasteiger partial charge in [0.2, 0.25) is 0 Å². The smallest absolute Gasteiger partial charge is 0.254 e. The molecule has 0 spiro atoms. The molecule has 2 rings (SSSR count). The summed E-state index contributed by atoms with van der Waals surface area (Å²) in [6.45, 7) is 5.00. The molecule has 1 aromatic rings. The number of piperidine rings is 1. The maximum absolute atomic E-state index is 12.9. The molecular weight excluding hydrogens is 298 g/mol. The number of rotatable bonds is 5. The van der Waals surface area contributed by atoms with E-state index in [9.17, 15) is 4.79 Å². The zero-order valence-electron chi connectivity index (χ0n) is 13.8. The zero-order valence-corrected chi connectivity index (χ0v) is 14.7. The first-order valence-electron chi connectivity index (χ1n) is 7.92. The van der Waals surface area contributed by atoms with E-state index in [0.29, 0.717) is 6.04 Å². The van der Waals surface area contributed by atoms with Crippen molar-refractivity contribution in [1.29, 1.82) is 0 Å². The number of halogens is 1. The van der Waals surface area contributed by atoms with Gasteiger partial charge in [-0.15, -0.1) is 12.4 Å². The van der Waals surface area contributed by atoms with Crippen LogP contribution in [0.1, 0.15) is 36.5 Å². The summed E-state index contributed by atoms with van der Waals surface area (Å²) in [5.74, 6) is 0.174. The van der Waals surface area contributed by atoms with Gasteiger partial charge in [0.25, 0.3) is 5.91 Å². The number of hydrogen-bond donors (Lipinski definition) is 1. The first-order chi connectivity index (χ1) is 10.1. The van der Waals surface area contributed by atoms with Gasteiger partial charge in [-0.1, -0.05) is 13.0 Å². The lowest BCUT2D eigenvalue weighted by Gasteiger charge is -2.34. The largest absolute Gasteiger partial charge is 0.378 e. The summed E-state index contributed by atoms with van der Waals surface area (Å²) in [5, 5.41) is 3.37. The molecule has 0 radical (unpaired) electrons. The van der Waals surface area contributed by atoms with Crippen molar-refractivity contribution in [3.05, 3.63) is 29.8 Å². The number of nitrogens with zero attached hydrogens (tertiary/aromatic N) is 2. The fraction of sp³-hybridized carbons (Fsp3) is 0.588. The number of anilines is 1. The average molecular weight is 326 g/mol. The first kappa shape index (κ1) is 18.8. The number of benzene rings is 1. The van der Waals surface area contributed by atoms with E-state index < -0.39 is 0 Å². The Hall–Kier alpha value is -1.26. The highest BCUT2D eigenvalue weighted by Crippen LogP contribution is 2.19. The predicted molar refractivity (Wildman–Crippen MR) is 95.2 cm³/mol. The van der Waals surface area contributed by atoms with Gasteiger partial charge >= 0.3 is 0 Å². The third-order valence-electron chi connectivity index (χ3n) is 4.08. The first-order valence-corrected chi connectivity index (χ1v) is 7.92. The van der Waals surface area contributed by atoms with Crippen LogP contribution in [0.15, 0.2) is 24.3 Å². The van der Waals surface area contributed by atoms with Gasteiger partial charge in [0.1, 0.15) is 0 Å². The molecule has 1 heterocycles. The minimum atomic E-state index is 0. The van der Waals surface area contributed by atoms with Crippen LogP contribution in [-0.2, 0) is 0 Å². The van der Waals surface area contributed by atoms with Crippen molar-refractivity contribution in [2.24, 2.45) is 0 Å².